The number of aliphatic imine (C=N–C) groups is 1. The minimum absolute atomic E-state index is 0.186. The van der Waals surface area contributed by atoms with Crippen molar-refractivity contribution in [2.24, 2.45) is 4.99 Å². The molecule has 0 aliphatic rings. The summed E-state index contributed by atoms with van der Waals surface area (Å²) < 4.78 is 24.3. The Morgan fingerprint density at radius 3 is 2.29 bits per heavy atom. The van der Waals surface area contributed by atoms with Gasteiger partial charge in [-0.3, -0.25) is 15.4 Å². The van der Waals surface area contributed by atoms with Crippen LogP contribution in [0.15, 0.2) is 58.7 Å². The van der Waals surface area contributed by atoms with Crippen LogP contribution in [0, 0.1) is 6.92 Å². The first kappa shape index (κ1) is 15.1. The molecular formula is C14H16N4O2S. The number of pyridine rings is 1. The minimum Gasteiger partial charge on any atom is -0.292 e. The van der Waals surface area contributed by atoms with Gasteiger partial charge in [0.2, 0.25) is 0 Å². The zero-order valence-corrected chi connectivity index (χ0v) is 12.6. The van der Waals surface area contributed by atoms with Crippen molar-refractivity contribution in [1.82, 2.24) is 15.2 Å². The number of nitrogens with zero attached hydrogens (tertiary/aromatic N) is 2. The average Bonchev–Trinajstić information content (AvgIpc) is 2.49. The van der Waals surface area contributed by atoms with Crippen LogP contribution in [0.3, 0.4) is 0 Å². The highest BCUT2D eigenvalue weighted by atomic mass is 32.2. The molecule has 2 N–H and O–H groups in total. The summed E-state index contributed by atoms with van der Waals surface area (Å²) in [4.78, 5) is 10.4. The molecule has 0 saturated heterocycles. The lowest BCUT2D eigenvalue weighted by Crippen LogP contribution is -2.42. The first-order valence-corrected chi connectivity index (χ1v) is 7.73. The summed E-state index contributed by atoms with van der Waals surface area (Å²) in [5, 5.41) is 0. The molecule has 1 aromatic heterocycles. The molecule has 21 heavy (non-hydrogen) atoms. The molecule has 2 aromatic rings. The zero-order valence-electron chi connectivity index (χ0n) is 11.7. The van der Waals surface area contributed by atoms with E-state index >= 15 is 0 Å². The summed E-state index contributed by atoms with van der Waals surface area (Å²) in [5.74, 6) is 0.410. The van der Waals surface area contributed by atoms with Crippen molar-refractivity contribution in [1.29, 1.82) is 0 Å². The number of nitrogens with one attached hydrogen (secondary N) is 2. The van der Waals surface area contributed by atoms with Gasteiger partial charge < -0.3 is 0 Å². The minimum atomic E-state index is -3.65. The van der Waals surface area contributed by atoms with Gasteiger partial charge in [-0.1, -0.05) is 17.7 Å². The van der Waals surface area contributed by atoms with E-state index in [4.69, 9.17) is 0 Å². The Morgan fingerprint density at radius 1 is 1.10 bits per heavy atom. The standard InChI is InChI=1S/C14H16N4O2S/c1-11-3-5-13(6-4-11)21(19,20)18-17-14(15-2)12-7-9-16-10-8-12/h3-10,18H,1-2H3,(H,15,17). The maximum absolute atomic E-state index is 12.2. The molecule has 7 heteroatoms. The molecular weight excluding hydrogens is 288 g/mol. The third-order valence-corrected chi connectivity index (χ3v) is 4.08. The number of hydrogen-bond acceptors (Lipinski definition) is 4. The van der Waals surface area contributed by atoms with Gasteiger partial charge in [0, 0.05) is 25.0 Å². The van der Waals surface area contributed by atoms with Crippen LogP contribution >= 0.6 is 0 Å². The topological polar surface area (TPSA) is 83.5 Å². The lowest BCUT2D eigenvalue weighted by molar-refractivity contribution is 0.577. The number of sulfonamides is 1. The van der Waals surface area contributed by atoms with Crippen LogP contribution in [-0.2, 0) is 10.0 Å². The predicted molar refractivity (Wildman–Crippen MR) is 81.3 cm³/mol. The number of benzene rings is 1. The van der Waals surface area contributed by atoms with Crippen LogP contribution in [0.25, 0.3) is 0 Å². The molecule has 0 aliphatic carbocycles. The van der Waals surface area contributed by atoms with E-state index in [1.165, 1.54) is 0 Å². The Kier molecular flexibility index (Phi) is 4.66. The van der Waals surface area contributed by atoms with Crippen molar-refractivity contribution in [3.05, 3.63) is 59.9 Å². The Bertz CT molecular complexity index is 725. The van der Waals surface area contributed by atoms with Crippen LogP contribution in [0.4, 0.5) is 0 Å². The molecule has 1 heterocycles. The number of hydrazine groups is 1. The molecule has 0 amide bonds. The van der Waals surface area contributed by atoms with E-state index in [1.807, 2.05) is 6.92 Å². The normalized spacial score (nSPS) is 12.2. The summed E-state index contributed by atoms with van der Waals surface area (Å²) in [6, 6.07) is 10.0. The SMILES string of the molecule is CN=C(NNS(=O)(=O)c1ccc(C)cc1)c1ccncc1. The molecule has 0 bridgehead atoms. The van der Waals surface area contributed by atoms with E-state index in [1.54, 1.807) is 55.8 Å². The third-order valence-electron chi connectivity index (χ3n) is 2.81. The van der Waals surface area contributed by atoms with E-state index in [2.05, 4.69) is 20.2 Å². The monoisotopic (exact) mass is 304 g/mol. The van der Waals surface area contributed by atoms with Gasteiger partial charge in [0.05, 0.1) is 4.90 Å². The molecule has 110 valence electrons. The Hall–Kier alpha value is -2.25. The molecule has 0 unspecified atom stereocenters. The fraction of sp³-hybridized carbons (Fsp3) is 0.143. The largest absolute Gasteiger partial charge is 0.292 e. The highest BCUT2D eigenvalue weighted by molar-refractivity contribution is 7.89. The van der Waals surface area contributed by atoms with Crippen molar-refractivity contribution in [2.45, 2.75) is 11.8 Å². The number of rotatable bonds is 4. The molecule has 6 nitrogen and oxygen atoms in total. The van der Waals surface area contributed by atoms with Crippen LogP contribution in [0.1, 0.15) is 11.1 Å². The highest BCUT2D eigenvalue weighted by Gasteiger charge is 2.14. The molecule has 2 rings (SSSR count). The first-order chi connectivity index (χ1) is 10.0. The zero-order chi connectivity index (χ0) is 15.3. The highest BCUT2D eigenvalue weighted by Crippen LogP contribution is 2.09. The smallest absolute Gasteiger partial charge is 0.257 e. The summed E-state index contributed by atoms with van der Waals surface area (Å²) in [6.45, 7) is 1.90. The fourth-order valence-corrected chi connectivity index (χ4v) is 2.50. The van der Waals surface area contributed by atoms with Gasteiger partial charge in [0.15, 0.2) is 0 Å². The van der Waals surface area contributed by atoms with Crippen LogP contribution < -0.4 is 10.3 Å². The van der Waals surface area contributed by atoms with Crippen molar-refractivity contribution >= 4 is 15.9 Å². The molecule has 0 radical (unpaired) electrons. The maximum Gasteiger partial charge on any atom is 0.257 e. The van der Waals surface area contributed by atoms with Crippen LogP contribution in [0.5, 0.6) is 0 Å². The fourth-order valence-electron chi connectivity index (χ4n) is 1.66. The number of hydrogen-bond donors (Lipinski definition) is 2. The average molecular weight is 304 g/mol. The Labute approximate surface area is 124 Å². The van der Waals surface area contributed by atoms with Gasteiger partial charge in [0.25, 0.3) is 10.0 Å². The molecule has 0 aliphatic heterocycles. The van der Waals surface area contributed by atoms with Gasteiger partial charge in [0.1, 0.15) is 5.84 Å². The summed E-state index contributed by atoms with van der Waals surface area (Å²) in [6.07, 6.45) is 3.22. The molecule has 0 atom stereocenters. The Balaban J connectivity index is 2.13. The van der Waals surface area contributed by atoms with Gasteiger partial charge in [-0.2, -0.15) is 0 Å². The maximum atomic E-state index is 12.2. The number of aromatic nitrogens is 1. The summed E-state index contributed by atoms with van der Waals surface area (Å²) >= 11 is 0. The van der Waals surface area contributed by atoms with Crippen molar-refractivity contribution in [3.8, 4) is 0 Å². The van der Waals surface area contributed by atoms with Gasteiger partial charge in [-0.05, 0) is 31.2 Å². The second-order valence-electron chi connectivity index (χ2n) is 4.35. The van der Waals surface area contributed by atoms with Gasteiger partial charge in [-0.15, -0.1) is 4.83 Å². The molecule has 1 aromatic carbocycles. The van der Waals surface area contributed by atoms with Crippen LogP contribution in [0.2, 0.25) is 0 Å². The van der Waals surface area contributed by atoms with E-state index in [0.29, 0.717) is 5.84 Å². The summed E-state index contributed by atoms with van der Waals surface area (Å²) in [5.41, 5.74) is 4.35. The second kappa shape index (κ2) is 6.47. The second-order valence-corrected chi connectivity index (χ2v) is 6.03. The van der Waals surface area contributed by atoms with E-state index in [0.717, 1.165) is 11.1 Å². The van der Waals surface area contributed by atoms with Gasteiger partial charge in [-0.25, -0.2) is 8.42 Å². The molecule has 0 fully saturated rings. The molecule has 0 saturated carbocycles. The number of aryl methyl sites for hydroxylation is 1. The van der Waals surface area contributed by atoms with E-state index in [-0.39, 0.29) is 4.90 Å². The van der Waals surface area contributed by atoms with Crippen molar-refractivity contribution < 1.29 is 8.42 Å². The van der Waals surface area contributed by atoms with E-state index in [9.17, 15) is 8.42 Å². The quantitative estimate of drug-likeness (QED) is 0.506. The van der Waals surface area contributed by atoms with Crippen LogP contribution in [-0.4, -0.2) is 26.3 Å². The van der Waals surface area contributed by atoms with Gasteiger partial charge >= 0.3 is 0 Å². The lowest BCUT2D eigenvalue weighted by atomic mass is 10.2. The predicted octanol–water partition coefficient (Wildman–Crippen LogP) is 1.25. The van der Waals surface area contributed by atoms with Crippen molar-refractivity contribution in [3.63, 3.8) is 0 Å². The number of amidine groups is 1. The summed E-state index contributed by atoms with van der Waals surface area (Å²) in [7, 11) is -2.08. The third kappa shape index (κ3) is 3.87. The van der Waals surface area contributed by atoms with E-state index < -0.39 is 10.0 Å². The molecule has 0 spiro atoms. The van der Waals surface area contributed by atoms with Crippen molar-refractivity contribution in [2.75, 3.05) is 7.05 Å². The Morgan fingerprint density at radius 2 is 1.71 bits per heavy atom. The lowest BCUT2D eigenvalue weighted by Gasteiger charge is -2.11. The first-order valence-electron chi connectivity index (χ1n) is 6.24.